The summed E-state index contributed by atoms with van der Waals surface area (Å²) in [5, 5.41) is 12.1. The molecular formula is C23H19BrN2O4. The second-order valence-corrected chi connectivity index (χ2v) is 7.15. The number of methoxy groups -OCH3 is 2. The molecule has 0 spiro atoms. The van der Waals surface area contributed by atoms with Crippen LogP contribution in [0.3, 0.4) is 0 Å². The molecule has 7 heteroatoms. The summed E-state index contributed by atoms with van der Waals surface area (Å²) in [6.45, 7) is 0.202. The largest absolute Gasteiger partial charge is 0.497 e. The van der Waals surface area contributed by atoms with Crippen LogP contribution in [0.15, 0.2) is 69.1 Å². The van der Waals surface area contributed by atoms with Crippen LogP contribution < -0.4 is 14.8 Å². The molecule has 1 aromatic heterocycles. The summed E-state index contributed by atoms with van der Waals surface area (Å²) in [6, 6.07) is 18.4. The van der Waals surface area contributed by atoms with Crippen LogP contribution in [-0.4, -0.2) is 20.1 Å². The van der Waals surface area contributed by atoms with Gasteiger partial charge in [0.1, 0.15) is 34.7 Å². The van der Waals surface area contributed by atoms with Gasteiger partial charge in [-0.25, -0.2) is 0 Å². The normalized spacial score (nSPS) is 10.9. The van der Waals surface area contributed by atoms with Gasteiger partial charge in [0.2, 0.25) is 0 Å². The highest BCUT2D eigenvalue weighted by molar-refractivity contribution is 9.10. The maximum Gasteiger partial charge on any atom is 0.262 e. The Morgan fingerprint density at radius 3 is 2.57 bits per heavy atom. The highest BCUT2D eigenvalue weighted by atomic mass is 79.9. The summed E-state index contributed by atoms with van der Waals surface area (Å²) < 4.78 is 17.2. The number of benzene rings is 2. The van der Waals surface area contributed by atoms with Crippen molar-refractivity contribution >= 4 is 27.9 Å². The van der Waals surface area contributed by atoms with Crippen LogP contribution in [0.5, 0.6) is 11.5 Å². The van der Waals surface area contributed by atoms with E-state index in [-0.39, 0.29) is 12.1 Å². The molecule has 2 aromatic carbocycles. The summed E-state index contributed by atoms with van der Waals surface area (Å²) >= 11 is 3.39. The van der Waals surface area contributed by atoms with Gasteiger partial charge in [-0.2, -0.15) is 5.26 Å². The van der Waals surface area contributed by atoms with E-state index >= 15 is 0 Å². The number of carbonyl (C=O) groups excluding carboxylic acids is 1. The lowest BCUT2D eigenvalue weighted by Crippen LogP contribution is -2.24. The maximum atomic E-state index is 12.5. The molecule has 1 N–H and O–H groups in total. The SMILES string of the molecule is COc1ccc(CNC(=O)/C(C#N)=C/c2ccc(-c3ccc(Br)cc3)o2)c(OC)c1. The Kier molecular flexibility index (Phi) is 6.94. The molecule has 0 unspecified atom stereocenters. The van der Waals surface area contributed by atoms with Gasteiger partial charge in [-0.05, 0) is 36.4 Å². The monoisotopic (exact) mass is 466 g/mol. The molecule has 0 aliphatic heterocycles. The van der Waals surface area contributed by atoms with Crippen molar-refractivity contribution in [3.05, 3.63) is 76.0 Å². The molecule has 0 fully saturated rings. The van der Waals surface area contributed by atoms with Crippen molar-refractivity contribution in [2.45, 2.75) is 6.54 Å². The van der Waals surface area contributed by atoms with E-state index in [1.807, 2.05) is 30.3 Å². The third-order valence-corrected chi connectivity index (χ3v) is 4.87. The minimum atomic E-state index is -0.503. The lowest BCUT2D eigenvalue weighted by atomic mass is 10.1. The van der Waals surface area contributed by atoms with Crippen LogP contribution in [0, 0.1) is 11.3 Å². The first-order valence-corrected chi connectivity index (χ1v) is 9.80. The molecule has 3 rings (SSSR count). The fraction of sp³-hybridized carbons (Fsp3) is 0.130. The van der Waals surface area contributed by atoms with Crippen molar-refractivity contribution in [1.29, 1.82) is 5.26 Å². The van der Waals surface area contributed by atoms with Crippen LogP contribution in [0.2, 0.25) is 0 Å². The number of hydrogen-bond acceptors (Lipinski definition) is 5. The number of ether oxygens (including phenoxy) is 2. The summed E-state index contributed by atoms with van der Waals surface area (Å²) in [6.07, 6.45) is 1.42. The number of furan rings is 1. The number of nitrogens with zero attached hydrogens (tertiary/aromatic N) is 1. The first-order chi connectivity index (χ1) is 14.5. The molecule has 0 bridgehead atoms. The number of nitriles is 1. The average Bonchev–Trinajstić information content (AvgIpc) is 3.24. The van der Waals surface area contributed by atoms with Gasteiger partial charge in [0.05, 0.1) is 14.2 Å². The molecule has 6 nitrogen and oxygen atoms in total. The molecule has 152 valence electrons. The highest BCUT2D eigenvalue weighted by Gasteiger charge is 2.13. The van der Waals surface area contributed by atoms with E-state index in [1.54, 1.807) is 44.6 Å². The third-order valence-electron chi connectivity index (χ3n) is 4.34. The van der Waals surface area contributed by atoms with E-state index in [9.17, 15) is 10.1 Å². The molecule has 0 aliphatic rings. The molecule has 0 atom stereocenters. The smallest absolute Gasteiger partial charge is 0.262 e. The van der Waals surface area contributed by atoms with Crippen LogP contribution in [-0.2, 0) is 11.3 Å². The van der Waals surface area contributed by atoms with E-state index < -0.39 is 5.91 Å². The third kappa shape index (κ3) is 5.10. The van der Waals surface area contributed by atoms with Crippen molar-refractivity contribution in [2.75, 3.05) is 14.2 Å². The predicted octanol–water partition coefficient (Wildman–Crippen LogP) is 4.95. The number of carbonyl (C=O) groups is 1. The van der Waals surface area contributed by atoms with E-state index in [2.05, 4.69) is 21.2 Å². The lowest BCUT2D eigenvalue weighted by Gasteiger charge is -2.11. The topological polar surface area (TPSA) is 84.5 Å². The zero-order chi connectivity index (χ0) is 21.5. The van der Waals surface area contributed by atoms with Gasteiger partial charge in [0.15, 0.2) is 0 Å². The molecule has 0 saturated carbocycles. The van der Waals surface area contributed by atoms with Gasteiger partial charge in [-0.15, -0.1) is 0 Å². The first kappa shape index (κ1) is 21.2. The Morgan fingerprint density at radius 2 is 1.90 bits per heavy atom. The van der Waals surface area contributed by atoms with Crippen LogP contribution >= 0.6 is 15.9 Å². The molecule has 3 aromatic rings. The highest BCUT2D eigenvalue weighted by Crippen LogP contribution is 2.26. The minimum Gasteiger partial charge on any atom is -0.497 e. The number of nitrogens with one attached hydrogen (secondary N) is 1. The molecular weight excluding hydrogens is 448 g/mol. The van der Waals surface area contributed by atoms with Gasteiger partial charge in [0, 0.05) is 34.3 Å². The van der Waals surface area contributed by atoms with Gasteiger partial charge in [0.25, 0.3) is 5.91 Å². The van der Waals surface area contributed by atoms with Gasteiger partial charge >= 0.3 is 0 Å². The first-order valence-electron chi connectivity index (χ1n) is 9.00. The molecule has 1 amide bonds. The summed E-state index contributed by atoms with van der Waals surface area (Å²) in [4.78, 5) is 12.5. The number of hydrogen-bond donors (Lipinski definition) is 1. The van der Waals surface area contributed by atoms with Crippen molar-refractivity contribution in [3.63, 3.8) is 0 Å². The maximum absolute atomic E-state index is 12.5. The minimum absolute atomic E-state index is 0.0563. The van der Waals surface area contributed by atoms with E-state index in [4.69, 9.17) is 13.9 Å². The Morgan fingerprint density at radius 1 is 1.13 bits per heavy atom. The second-order valence-electron chi connectivity index (χ2n) is 6.24. The van der Waals surface area contributed by atoms with Gasteiger partial charge in [-0.3, -0.25) is 4.79 Å². The van der Waals surface area contributed by atoms with Crippen LogP contribution in [0.4, 0.5) is 0 Å². The van der Waals surface area contributed by atoms with E-state index in [1.165, 1.54) is 6.08 Å². The fourth-order valence-electron chi connectivity index (χ4n) is 2.76. The van der Waals surface area contributed by atoms with Crippen molar-refractivity contribution in [2.24, 2.45) is 0 Å². The summed E-state index contributed by atoms with van der Waals surface area (Å²) in [5.41, 5.74) is 1.60. The number of amides is 1. The van der Waals surface area contributed by atoms with Crippen LogP contribution in [0.1, 0.15) is 11.3 Å². The van der Waals surface area contributed by atoms with E-state index in [0.717, 1.165) is 15.6 Å². The number of halogens is 1. The molecule has 1 heterocycles. The standard InChI is InChI=1S/C23H19BrN2O4/c1-28-19-8-5-16(22(12-19)29-2)14-26-23(27)17(13-25)11-20-9-10-21(30-20)15-3-6-18(24)7-4-15/h3-12H,14H2,1-2H3,(H,26,27)/b17-11+. The van der Waals surface area contributed by atoms with Gasteiger partial charge < -0.3 is 19.2 Å². The van der Waals surface area contributed by atoms with Crippen LogP contribution in [0.25, 0.3) is 17.4 Å². The second kappa shape index (κ2) is 9.81. The fourth-order valence-corrected chi connectivity index (χ4v) is 3.02. The summed E-state index contributed by atoms with van der Waals surface area (Å²) in [5.74, 6) is 1.80. The molecule has 0 radical (unpaired) electrons. The average molecular weight is 467 g/mol. The Bertz CT molecular complexity index is 1110. The van der Waals surface area contributed by atoms with Crippen molar-refractivity contribution in [3.8, 4) is 28.9 Å². The molecule has 0 aliphatic carbocycles. The Balaban J connectivity index is 1.71. The van der Waals surface area contributed by atoms with E-state index in [0.29, 0.717) is 23.0 Å². The molecule has 0 saturated heterocycles. The van der Waals surface area contributed by atoms with Crippen molar-refractivity contribution < 1.29 is 18.7 Å². The quantitative estimate of drug-likeness (QED) is 0.393. The zero-order valence-electron chi connectivity index (χ0n) is 16.4. The Hall–Kier alpha value is -3.50. The van der Waals surface area contributed by atoms with Crippen molar-refractivity contribution in [1.82, 2.24) is 5.32 Å². The zero-order valence-corrected chi connectivity index (χ0v) is 18.0. The summed E-state index contributed by atoms with van der Waals surface area (Å²) in [7, 11) is 3.11. The predicted molar refractivity (Wildman–Crippen MR) is 117 cm³/mol. The number of rotatable bonds is 7. The van der Waals surface area contributed by atoms with Gasteiger partial charge in [-0.1, -0.05) is 28.1 Å². The molecule has 30 heavy (non-hydrogen) atoms. The Labute approximate surface area is 182 Å². The lowest BCUT2D eigenvalue weighted by molar-refractivity contribution is -0.117.